The lowest BCUT2D eigenvalue weighted by Crippen LogP contribution is -2.22. The number of benzene rings is 2. The van der Waals surface area contributed by atoms with E-state index in [1.807, 2.05) is 18.6 Å². The predicted molar refractivity (Wildman–Crippen MR) is 88.4 cm³/mol. The molecule has 23 heavy (non-hydrogen) atoms. The van der Waals surface area contributed by atoms with E-state index in [1.165, 1.54) is 24.3 Å². The molecule has 0 aliphatic rings. The van der Waals surface area contributed by atoms with E-state index < -0.39 is 20.0 Å². The van der Waals surface area contributed by atoms with Gasteiger partial charge in [0.05, 0.1) is 9.79 Å². The minimum absolute atomic E-state index is 0.00566. The zero-order valence-corrected chi connectivity index (χ0v) is 14.2. The Hall–Kier alpha value is -2.19. The highest BCUT2D eigenvalue weighted by Crippen LogP contribution is 2.13. The molecule has 0 bridgehead atoms. The largest absolute Gasteiger partial charge is 0.283 e. The highest BCUT2D eigenvalue weighted by Gasteiger charge is 2.14. The van der Waals surface area contributed by atoms with Crippen molar-refractivity contribution >= 4 is 26.4 Å². The molecular formula is C15H16N2O4S2. The molecule has 2 aromatic rings. The van der Waals surface area contributed by atoms with Crippen LogP contribution in [-0.4, -0.2) is 23.2 Å². The van der Waals surface area contributed by atoms with Gasteiger partial charge in [-0.1, -0.05) is 35.4 Å². The first-order valence-electron chi connectivity index (χ1n) is 6.65. The normalized spacial score (nSPS) is 12.4. The van der Waals surface area contributed by atoms with E-state index in [2.05, 4.69) is 4.40 Å². The first kappa shape index (κ1) is 17.2. The summed E-state index contributed by atoms with van der Waals surface area (Å²) in [4.78, 5) is 0.0242. The van der Waals surface area contributed by atoms with Gasteiger partial charge in [0, 0.05) is 0 Å². The molecular weight excluding hydrogens is 336 g/mol. The average Bonchev–Trinajstić information content (AvgIpc) is 2.47. The van der Waals surface area contributed by atoms with Crippen LogP contribution in [0.5, 0.6) is 0 Å². The molecule has 0 saturated heterocycles. The number of hydrogen-bond acceptors (Lipinski definition) is 4. The van der Waals surface area contributed by atoms with Crippen LogP contribution in [-0.2, 0) is 20.0 Å². The summed E-state index contributed by atoms with van der Waals surface area (Å²) in [6, 6.07) is 12.3. The van der Waals surface area contributed by atoms with Gasteiger partial charge in [0.25, 0.3) is 20.0 Å². The Morgan fingerprint density at radius 3 is 1.70 bits per heavy atom. The molecule has 1 N–H and O–H groups in total. The predicted octanol–water partition coefficient (Wildman–Crippen LogP) is 2.00. The standard InChI is InChI=1S/C15H16N2O4S2/c1-12-3-7-14(8-4-12)22(18,19)16-11-17-23(20,21)15-9-5-13(2)6-10-15/h3-11H,1-2H3,(H,16,17). The smallest absolute Gasteiger partial charge is 0.269 e. The maximum Gasteiger partial charge on any atom is 0.283 e. The van der Waals surface area contributed by atoms with Crippen LogP contribution in [0, 0.1) is 13.8 Å². The molecule has 0 radical (unpaired) electrons. The van der Waals surface area contributed by atoms with Crippen LogP contribution >= 0.6 is 0 Å². The van der Waals surface area contributed by atoms with Crippen LogP contribution in [0.3, 0.4) is 0 Å². The molecule has 2 rings (SSSR count). The maximum absolute atomic E-state index is 12.0. The van der Waals surface area contributed by atoms with Crippen molar-refractivity contribution in [2.75, 3.05) is 0 Å². The fraction of sp³-hybridized carbons (Fsp3) is 0.133. The van der Waals surface area contributed by atoms with E-state index in [0.29, 0.717) is 6.34 Å². The second-order valence-electron chi connectivity index (χ2n) is 4.96. The third-order valence-corrected chi connectivity index (χ3v) is 5.61. The summed E-state index contributed by atoms with van der Waals surface area (Å²) in [6.07, 6.45) is 0.671. The summed E-state index contributed by atoms with van der Waals surface area (Å²) in [5, 5.41) is 0. The molecule has 0 aliphatic heterocycles. The highest BCUT2D eigenvalue weighted by molar-refractivity contribution is 7.91. The van der Waals surface area contributed by atoms with Crippen LogP contribution in [0.15, 0.2) is 62.7 Å². The monoisotopic (exact) mass is 352 g/mol. The summed E-state index contributed by atoms with van der Waals surface area (Å²) in [6.45, 7) is 3.66. The zero-order chi connectivity index (χ0) is 17.1. The van der Waals surface area contributed by atoms with E-state index in [1.54, 1.807) is 24.3 Å². The molecule has 0 unspecified atom stereocenters. The molecule has 0 heterocycles. The van der Waals surface area contributed by atoms with Crippen molar-refractivity contribution in [1.82, 2.24) is 4.72 Å². The molecule has 2 aromatic carbocycles. The molecule has 6 nitrogen and oxygen atoms in total. The number of rotatable bonds is 5. The minimum Gasteiger partial charge on any atom is -0.269 e. The Kier molecular flexibility index (Phi) is 4.86. The summed E-state index contributed by atoms with van der Waals surface area (Å²) in [5.74, 6) is 0. The van der Waals surface area contributed by atoms with Crippen molar-refractivity contribution in [3.63, 3.8) is 0 Å². The van der Waals surface area contributed by atoms with Crippen LogP contribution in [0.2, 0.25) is 0 Å². The maximum atomic E-state index is 12.0. The quantitative estimate of drug-likeness (QED) is 0.658. The van der Waals surface area contributed by atoms with Crippen LogP contribution in [0.1, 0.15) is 11.1 Å². The van der Waals surface area contributed by atoms with Crippen molar-refractivity contribution < 1.29 is 16.8 Å². The first-order valence-corrected chi connectivity index (χ1v) is 9.57. The van der Waals surface area contributed by atoms with Gasteiger partial charge in [-0.2, -0.15) is 8.42 Å². The van der Waals surface area contributed by atoms with Crippen molar-refractivity contribution in [2.45, 2.75) is 23.6 Å². The molecule has 0 spiro atoms. The first-order chi connectivity index (χ1) is 10.7. The van der Waals surface area contributed by atoms with E-state index in [4.69, 9.17) is 0 Å². The van der Waals surface area contributed by atoms with Gasteiger partial charge in [0.15, 0.2) is 0 Å². The van der Waals surface area contributed by atoms with Crippen LogP contribution in [0.4, 0.5) is 0 Å². The van der Waals surface area contributed by atoms with Gasteiger partial charge in [0.1, 0.15) is 6.34 Å². The van der Waals surface area contributed by atoms with Crippen molar-refractivity contribution in [2.24, 2.45) is 4.40 Å². The number of aryl methyl sites for hydroxylation is 2. The van der Waals surface area contributed by atoms with E-state index in [0.717, 1.165) is 11.1 Å². The van der Waals surface area contributed by atoms with E-state index in [-0.39, 0.29) is 9.79 Å². The third kappa shape index (κ3) is 4.40. The summed E-state index contributed by atoms with van der Waals surface area (Å²) in [5.41, 5.74) is 1.83. The lowest BCUT2D eigenvalue weighted by Gasteiger charge is -2.04. The summed E-state index contributed by atoms with van der Waals surface area (Å²) < 4.78 is 53.4. The second kappa shape index (κ2) is 6.51. The fourth-order valence-electron chi connectivity index (χ4n) is 1.72. The SMILES string of the molecule is Cc1ccc(S(=O)(=O)N=CNS(=O)(=O)c2ccc(C)cc2)cc1. The summed E-state index contributed by atoms with van der Waals surface area (Å²) >= 11 is 0. The Morgan fingerprint density at radius 2 is 1.22 bits per heavy atom. The van der Waals surface area contributed by atoms with Crippen LogP contribution < -0.4 is 4.72 Å². The second-order valence-corrected chi connectivity index (χ2v) is 8.30. The third-order valence-electron chi connectivity index (χ3n) is 3.05. The molecule has 0 amide bonds. The molecule has 122 valence electrons. The van der Waals surface area contributed by atoms with Crippen molar-refractivity contribution in [3.05, 3.63) is 59.7 Å². The number of nitrogens with zero attached hydrogens (tertiary/aromatic N) is 1. The van der Waals surface area contributed by atoms with Gasteiger partial charge in [-0.3, -0.25) is 4.72 Å². The van der Waals surface area contributed by atoms with Gasteiger partial charge in [-0.25, -0.2) is 8.42 Å². The topological polar surface area (TPSA) is 92.7 Å². The van der Waals surface area contributed by atoms with Gasteiger partial charge >= 0.3 is 0 Å². The Balaban J connectivity index is 2.17. The Bertz CT molecular complexity index is 914. The lowest BCUT2D eigenvalue weighted by atomic mass is 10.2. The van der Waals surface area contributed by atoms with E-state index in [9.17, 15) is 16.8 Å². The lowest BCUT2D eigenvalue weighted by molar-refractivity contribution is 0.593. The summed E-state index contributed by atoms with van der Waals surface area (Å²) in [7, 11) is -7.80. The molecule has 0 saturated carbocycles. The molecule has 0 fully saturated rings. The van der Waals surface area contributed by atoms with Crippen molar-refractivity contribution in [3.8, 4) is 0 Å². The number of hydrogen-bond donors (Lipinski definition) is 1. The van der Waals surface area contributed by atoms with Gasteiger partial charge in [-0.15, -0.1) is 4.40 Å². The van der Waals surface area contributed by atoms with Gasteiger partial charge < -0.3 is 0 Å². The zero-order valence-electron chi connectivity index (χ0n) is 12.6. The number of sulfonamides is 2. The van der Waals surface area contributed by atoms with Gasteiger partial charge in [0.2, 0.25) is 0 Å². The van der Waals surface area contributed by atoms with Gasteiger partial charge in [-0.05, 0) is 38.1 Å². The molecule has 8 heteroatoms. The molecule has 0 aliphatic carbocycles. The number of nitrogens with one attached hydrogen (secondary N) is 1. The minimum atomic E-state index is -3.95. The highest BCUT2D eigenvalue weighted by atomic mass is 32.2. The molecule has 0 atom stereocenters. The fourth-order valence-corrected chi connectivity index (χ4v) is 3.40. The Morgan fingerprint density at radius 1 is 0.783 bits per heavy atom. The van der Waals surface area contributed by atoms with E-state index >= 15 is 0 Å². The Labute approximate surface area is 136 Å². The molecule has 0 aromatic heterocycles. The average molecular weight is 352 g/mol. The van der Waals surface area contributed by atoms with Crippen LogP contribution in [0.25, 0.3) is 0 Å². The van der Waals surface area contributed by atoms with Crippen molar-refractivity contribution in [1.29, 1.82) is 0 Å².